The van der Waals surface area contributed by atoms with Crippen LogP contribution in [0.4, 0.5) is 8.78 Å². The Morgan fingerprint density at radius 2 is 1.87 bits per heavy atom. The van der Waals surface area contributed by atoms with Crippen molar-refractivity contribution in [2.75, 3.05) is 13.2 Å². The van der Waals surface area contributed by atoms with E-state index < -0.39 is 17.5 Å². The molecule has 0 radical (unpaired) electrons. The molecule has 1 amide bonds. The minimum absolute atomic E-state index is 0.189. The molecular weight excluding hydrogens is 304 g/mol. The van der Waals surface area contributed by atoms with Crippen LogP contribution in [0.3, 0.4) is 0 Å². The molecule has 0 heterocycles. The summed E-state index contributed by atoms with van der Waals surface area (Å²) < 4.78 is 32.1. The Hall–Kier alpha value is -2.47. The Kier molecular flexibility index (Phi) is 5.65. The van der Waals surface area contributed by atoms with Gasteiger partial charge in [0.05, 0.1) is 13.2 Å². The number of benzene rings is 2. The fourth-order valence-corrected chi connectivity index (χ4v) is 2.02. The van der Waals surface area contributed by atoms with E-state index in [0.717, 1.165) is 6.07 Å². The Morgan fingerprint density at radius 1 is 1.17 bits per heavy atom. The van der Waals surface area contributed by atoms with Crippen molar-refractivity contribution < 1.29 is 23.5 Å². The highest BCUT2D eigenvalue weighted by molar-refractivity contribution is 5.71. The number of amides is 1. The van der Waals surface area contributed by atoms with Crippen LogP contribution in [0.25, 0.3) is 11.1 Å². The average Bonchev–Trinajstić information content (AvgIpc) is 2.52. The first-order valence-electron chi connectivity index (χ1n) is 7.12. The van der Waals surface area contributed by atoms with Crippen molar-refractivity contribution in [2.24, 2.45) is 0 Å². The second kappa shape index (κ2) is 7.69. The Labute approximate surface area is 132 Å². The van der Waals surface area contributed by atoms with Crippen molar-refractivity contribution in [3.8, 4) is 16.9 Å². The van der Waals surface area contributed by atoms with Crippen LogP contribution in [0.5, 0.6) is 5.75 Å². The SMILES string of the molecule is CC(=O)N(O)CCCOc1ccc(-c2ccc(F)cc2F)cc1. The second-order valence-electron chi connectivity index (χ2n) is 4.99. The summed E-state index contributed by atoms with van der Waals surface area (Å²) in [5, 5.41) is 9.83. The van der Waals surface area contributed by atoms with Gasteiger partial charge in [-0.1, -0.05) is 12.1 Å². The van der Waals surface area contributed by atoms with Gasteiger partial charge in [0, 0.05) is 25.0 Å². The standard InChI is InChI=1S/C17H17F2NO3/c1-12(21)20(22)9-2-10-23-15-6-3-13(4-7-15)16-8-5-14(18)11-17(16)19/h3-8,11,22H,2,9-10H2,1H3. The smallest absolute Gasteiger partial charge is 0.242 e. The van der Waals surface area contributed by atoms with E-state index in [2.05, 4.69) is 0 Å². The lowest BCUT2D eigenvalue weighted by Crippen LogP contribution is -2.26. The van der Waals surface area contributed by atoms with Crippen LogP contribution in [0, 0.1) is 11.6 Å². The lowest BCUT2D eigenvalue weighted by molar-refractivity contribution is -0.163. The molecule has 0 spiro atoms. The maximum absolute atomic E-state index is 13.7. The summed E-state index contributed by atoms with van der Waals surface area (Å²) in [5.41, 5.74) is 0.934. The molecule has 122 valence electrons. The highest BCUT2D eigenvalue weighted by atomic mass is 19.1. The van der Waals surface area contributed by atoms with Gasteiger partial charge in [-0.05, 0) is 29.8 Å². The van der Waals surface area contributed by atoms with E-state index in [4.69, 9.17) is 4.74 Å². The molecule has 23 heavy (non-hydrogen) atoms. The van der Waals surface area contributed by atoms with Crippen molar-refractivity contribution >= 4 is 5.91 Å². The number of hydrogen-bond donors (Lipinski definition) is 1. The zero-order valence-electron chi connectivity index (χ0n) is 12.6. The van der Waals surface area contributed by atoms with Gasteiger partial charge in [0.1, 0.15) is 17.4 Å². The Bertz CT molecular complexity index is 674. The average molecular weight is 321 g/mol. The van der Waals surface area contributed by atoms with E-state index in [0.29, 0.717) is 35.0 Å². The maximum atomic E-state index is 13.7. The van der Waals surface area contributed by atoms with E-state index in [1.807, 2.05) is 0 Å². The highest BCUT2D eigenvalue weighted by Crippen LogP contribution is 2.25. The van der Waals surface area contributed by atoms with Crippen molar-refractivity contribution in [1.29, 1.82) is 0 Å². The monoisotopic (exact) mass is 321 g/mol. The fourth-order valence-electron chi connectivity index (χ4n) is 2.02. The molecule has 6 heteroatoms. The molecular formula is C17H17F2NO3. The third-order valence-electron chi connectivity index (χ3n) is 3.24. The van der Waals surface area contributed by atoms with Gasteiger partial charge in [0.25, 0.3) is 0 Å². The maximum Gasteiger partial charge on any atom is 0.242 e. The van der Waals surface area contributed by atoms with E-state index in [1.54, 1.807) is 24.3 Å². The number of nitrogens with zero attached hydrogens (tertiary/aromatic N) is 1. The van der Waals surface area contributed by atoms with E-state index in [9.17, 15) is 18.8 Å². The summed E-state index contributed by atoms with van der Waals surface area (Å²) in [6.45, 7) is 1.79. The van der Waals surface area contributed by atoms with Crippen LogP contribution >= 0.6 is 0 Å². The van der Waals surface area contributed by atoms with Crippen LogP contribution in [-0.2, 0) is 4.79 Å². The van der Waals surface area contributed by atoms with E-state index >= 15 is 0 Å². The third kappa shape index (κ3) is 4.75. The van der Waals surface area contributed by atoms with Gasteiger partial charge >= 0.3 is 0 Å². The molecule has 0 atom stereocenters. The lowest BCUT2D eigenvalue weighted by Gasteiger charge is -2.12. The van der Waals surface area contributed by atoms with E-state index in [-0.39, 0.29) is 6.54 Å². The minimum atomic E-state index is -0.620. The Morgan fingerprint density at radius 3 is 2.48 bits per heavy atom. The normalized spacial score (nSPS) is 10.4. The predicted molar refractivity (Wildman–Crippen MR) is 81.1 cm³/mol. The van der Waals surface area contributed by atoms with Crippen molar-refractivity contribution in [1.82, 2.24) is 5.06 Å². The van der Waals surface area contributed by atoms with Crippen LogP contribution in [0.2, 0.25) is 0 Å². The number of rotatable bonds is 6. The largest absolute Gasteiger partial charge is 0.494 e. The van der Waals surface area contributed by atoms with Crippen LogP contribution in [-0.4, -0.2) is 29.3 Å². The van der Waals surface area contributed by atoms with Gasteiger partial charge in [0.15, 0.2) is 0 Å². The van der Waals surface area contributed by atoms with Gasteiger partial charge < -0.3 is 4.74 Å². The van der Waals surface area contributed by atoms with Crippen LogP contribution in [0.1, 0.15) is 13.3 Å². The summed E-state index contributed by atoms with van der Waals surface area (Å²) in [4.78, 5) is 10.8. The molecule has 0 aromatic heterocycles. The van der Waals surface area contributed by atoms with Gasteiger partial charge in [-0.3, -0.25) is 10.0 Å². The third-order valence-corrected chi connectivity index (χ3v) is 3.24. The summed E-state index contributed by atoms with van der Waals surface area (Å²) in [7, 11) is 0. The molecule has 2 aromatic rings. The molecule has 0 fully saturated rings. The fraction of sp³-hybridized carbons (Fsp3) is 0.235. The molecule has 0 saturated carbocycles. The summed E-state index contributed by atoms with van der Waals surface area (Å²) in [6.07, 6.45) is 0.477. The summed E-state index contributed by atoms with van der Waals surface area (Å²) in [5.74, 6) is -1.07. The van der Waals surface area contributed by atoms with E-state index in [1.165, 1.54) is 19.1 Å². The first-order valence-corrected chi connectivity index (χ1v) is 7.12. The number of hydrogen-bond acceptors (Lipinski definition) is 3. The zero-order chi connectivity index (χ0) is 16.8. The molecule has 2 rings (SSSR count). The quantitative estimate of drug-likeness (QED) is 0.502. The zero-order valence-corrected chi connectivity index (χ0v) is 12.6. The number of carbonyl (C=O) groups excluding carboxylic acids is 1. The van der Waals surface area contributed by atoms with Gasteiger partial charge in [0.2, 0.25) is 5.91 Å². The number of halogens is 2. The molecule has 0 aliphatic carbocycles. The van der Waals surface area contributed by atoms with Crippen molar-refractivity contribution in [3.63, 3.8) is 0 Å². The van der Waals surface area contributed by atoms with Crippen molar-refractivity contribution in [2.45, 2.75) is 13.3 Å². The molecule has 0 aliphatic heterocycles. The number of carbonyl (C=O) groups is 1. The molecule has 2 aromatic carbocycles. The molecule has 0 aliphatic rings. The second-order valence-corrected chi connectivity index (χ2v) is 4.99. The topological polar surface area (TPSA) is 49.8 Å². The summed E-state index contributed by atoms with van der Waals surface area (Å²) in [6, 6.07) is 10.2. The minimum Gasteiger partial charge on any atom is -0.494 e. The number of ether oxygens (including phenoxy) is 1. The molecule has 4 nitrogen and oxygen atoms in total. The molecule has 1 N–H and O–H groups in total. The Balaban J connectivity index is 1.91. The molecule has 0 unspecified atom stereocenters. The highest BCUT2D eigenvalue weighted by Gasteiger charge is 2.07. The van der Waals surface area contributed by atoms with Gasteiger partial charge in [-0.2, -0.15) is 0 Å². The predicted octanol–water partition coefficient (Wildman–Crippen LogP) is 3.64. The summed E-state index contributed by atoms with van der Waals surface area (Å²) >= 11 is 0. The first kappa shape index (κ1) is 16.9. The van der Waals surface area contributed by atoms with Crippen LogP contribution < -0.4 is 4.74 Å². The lowest BCUT2D eigenvalue weighted by atomic mass is 10.1. The first-order chi connectivity index (χ1) is 11.0. The van der Waals surface area contributed by atoms with Crippen LogP contribution in [0.15, 0.2) is 42.5 Å². The van der Waals surface area contributed by atoms with Crippen molar-refractivity contribution in [3.05, 3.63) is 54.1 Å². The number of hydroxylamine groups is 2. The molecule has 0 bridgehead atoms. The van der Waals surface area contributed by atoms with Gasteiger partial charge in [-0.15, -0.1) is 0 Å². The molecule has 0 saturated heterocycles. The van der Waals surface area contributed by atoms with Gasteiger partial charge in [-0.25, -0.2) is 13.8 Å².